The summed E-state index contributed by atoms with van der Waals surface area (Å²) in [5.74, 6) is 1.93. The second kappa shape index (κ2) is 11.5. The number of aromatic nitrogens is 4. The van der Waals surface area contributed by atoms with Gasteiger partial charge in [0.25, 0.3) is 0 Å². The lowest BCUT2D eigenvalue weighted by atomic mass is 9.69. The maximum Gasteiger partial charge on any atom is 0.164 e. The Hall–Kier alpha value is -7.04. The summed E-state index contributed by atoms with van der Waals surface area (Å²) in [6.45, 7) is 0. The number of hydrogen-bond acceptors (Lipinski definition) is 4. The minimum atomic E-state index is -0.524. The summed E-state index contributed by atoms with van der Waals surface area (Å²) >= 11 is 0. The zero-order valence-electron chi connectivity index (χ0n) is 28.6. The molecule has 11 rings (SSSR count). The number of para-hydroxylation sites is 1. The van der Waals surface area contributed by atoms with Crippen molar-refractivity contribution >= 4 is 10.9 Å². The summed E-state index contributed by atoms with van der Waals surface area (Å²) in [5, 5.41) is 1.12. The fraction of sp³-hybridized carbons (Fsp3) is 0.0204. The van der Waals surface area contributed by atoms with E-state index in [4.69, 9.17) is 19.9 Å². The highest BCUT2D eigenvalue weighted by Crippen LogP contribution is 2.64. The molecule has 1 spiro atoms. The summed E-state index contributed by atoms with van der Waals surface area (Å²) in [6.07, 6.45) is 1.85. The van der Waals surface area contributed by atoms with Gasteiger partial charge in [-0.25, -0.2) is 15.0 Å². The normalized spacial score (nSPS) is 13.1. The Balaban J connectivity index is 1.15. The van der Waals surface area contributed by atoms with E-state index in [0.717, 1.165) is 38.7 Å². The van der Waals surface area contributed by atoms with Crippen molar-refractivity contribution in [2.24, 2.45) is 0 Å². The van der Waals surface area contributed by atoms with Crippen LogP contribution in [0.1, 0.15) is 22.3 Å². The molecule has 2 aromatic heterocycles. The van der Waals surface area contributed by atoms with Crippen LogP contribution in [-0.2, 0) is 5.41 Å². The smallest absolute Gasteiger partial charge is 0.164 e. The lowest BCUT2D eigenvalue weighted by Gasteiger charge is -2.31. The second-order valence-electron chi connectivity index (χ2n) is 13.7. The molecule has 246 valence electrons. The SMILES string of the molecule is c1ccc(-c2nc(-c3ccc(-c4cccc5cccnc45)cc3)nc(-c3cccc4c3C3(c5ccccc5-c5ccccc53)c3ccccc3-4)n2)cc1. The zero-order chi connectivity index (χ0) is 34.9. The second-order valence-corrected chi connectivity index (χ2v) is 13.7. The van der Waals surface area contributed by atoms with Crippen LogP contribution in [0, 0.1) is 0 Å². The summed E-state index contributed by atoms with van der Waals surface area (Å²) in [6, 6.07) is 62.4. The molecule has 2 aliphatic carbocycles. The van der Waals surface area contributed by atoms with E-state index >= 15 is 0 Å². The van der Waals surface area contributed by atoms with Gasteiger partial charge in [0.2, 0.25) is 0 Å². The van der Waals surface area contributed by atoms with Gasteiger partial charge < -0.3 is 0 Å². The van der Waals surface area contributed by atoms with E-state index in [9.17, 15) is 0 Å². The van der Waals surface area contributed by atoms with Crippen molar-refractivity contribution in [1.29, 1.82) is 0 Å². The first kappa shape index (κ1) is 29.7. The molecule has 0 unspecified atom stereocenters. The van der Waals surface area contributed by atoms with Crippen LogP contribution in [0.15, 0.2) is 182 Å². The molecule has 0 N–H and O–H groups in total. The predicted octanol–water partition coefficient (Wildman–Crippen LogP) is 11.4. The highest BCUT2D eigenvalue weighted by atomic mass is 15.0. The van der Waals surface area contributed by atoms with E-state index in [2.05, 4.69) is 152 Å². The maximum absolute atomic E-state index is 5.32. The quantitative estimate of drug-likeness (QED) is 0.186. The van der Waals surface area contributed by atoms with E-state index in [1.165, 1.54) is 44.5 Å². The Bertz CT molecular complexity index is 2830. The molecule has 7 aromatic carbocycles. The number of benzene rings is 7. The zero-order valence-corrected chi connectivity index (χ0v) is 28.6. The summed E-state index contributed by atoms with van der Waals surface area (Å²) < 4.78 is 0. The van der Waals surface area contributed by atoms with Gasteiger partial charge in [-0.2, -0.15) is 0 Å². The highest BCUT2D eigenvalue weighted by molar-refractivity contribution is 5.98. The number of nitrogens with zero attached hydrogens (tertiary/aromatic N) is 4. The van der Waals surface area contributed by atoms with Crippen LogP contribution in [0.5, 0.6) is 0 Å². The molecular weight excluding hydrogens is 645 g/mol. The molecule has 2 heterocycles. The fourth-order valence-electron chi connectivity index (χ4n) is 8.82. The van der Waals surface area contributed by atoms with Crippen LogP contribution in [0.4, 0.5) is 0 Å². The van der Waals surface area contributed by atoms with Crippen LogP contribution in [0.2, 0.25) is 0 Å². The highest BCUT2D eigenvalue weighted by Gasteiger charge is 2.52. The molecule has 0 saturated heterocycles. The lowest BCUT2D eigenvalue weighted by Crippen LogP contribution is -2.26. The van der Waals surface area contributed by atoms with Crippen molar-refractivity contribution < 1.29 is 0 Å². The van der Waals surface area contributed by atoms with E-state index < -0.39 is 5.41 Å². The van der Waals surface area contributed by atoms with Crippen LogP contribution in [0.3, 0.4) is 0 Å². The van der Waals surface area contributed by atoms with E-state index in [1.54, 1.807) is 0 Å². The summed E-state index contributed by atoms with van der Waals surface area (Å²) in [7, 11) is 0. The molecule has 0 amide bonds. The average Bonchev–Trinajstić information content (AvgIpc) is 3.71. The summed E-state index contributed by atoms with van der Waals surface area (Å²) in [5.41, 5.74) is 15.6. The molecule has 0 bridgehead atoms. The van der Waals surface area contributed by atoms with Crippen molar-refractivity contribution in [3.05, 3.63) is 204 Å². The first-order valence-corrected chi connectivity index (χ1v) is 18.0. The van der Waals surface area contributed by atoms with Gasteiger partial charge >= 0.3 is 0 Å². The molecule has 4 nitrogen and oxygen atoms in total. The molecule has 0 aliphatic heterocycles. The van der Waals surface area contributed by atoms with E-state index in [1.807, 2.05) is 30.5 Å². The predicted molar refractivity (Wildman–Crippen MR) is 213 cm³/mol. The van der Waals surface area contributed by atoms with E-state index in [-0.39, 0.29) is 0 Å². The van der Waals surface area contributed by atoms with Gasteiger partial charge in [-0.1, -0.05) is 170 Å². The third-order valence-corrected chi connectivity index (χ3v) is 11.0. The number of hydrogen-bond donors (Lipinski definition) is 0. The molecule has 2 aliphatic rings. The van der Waals surface area contributed by atoms with Crippen LogP contribution >= 0.6 is 0 Å². The van der Waals surface area contributed by atoms with Crippen LogP contribution in [-0.4, -0.2) is 19.9 Å². The van der Waals surface area contributed by atoms with Crippen molar-refractivity contribution in [2.45, 2.75) is 5.41 Å². The molecule has 0 fully saturated rings. The Morgan fingerprint density at radius 2 is 0.792 bits per heavy atom. The standard InChI is InChI=1S/C49H30N4/c1-2-13-33(14-3-1)46-51-47(34-28-26-31(27-29-34)35-20-10-15-32-16-12-30-50-45(32)35)53-48(52-46)40-22-11-21-39-38-19-6-9-25-43(38)49(44(39)40)41-23-7-4-17-36(41)37-18-5-8-24-42(37)49/h1-30H. The third-order valence-electron chi connectivity index (χ3n) is 11.0. The lowest BCUT2D eigenvalue weighted by molar-refractivity contribution is 0.794. The largest absolute Gasteiger partial charge is 0.256 e. The topological polar surface area (TPSA) is 51.6 Å². The minimum absolute atomic E-state index is 0.524. The van der Waals surface area contributed by atoms with Crippen LogP contribution in [0.25, 0.3) is 78.4 Å². The fourth-order valence-corrected chi connectivity index (χ4v) is 8.82. The first-order valence-electron chi connectivity index (χ1n) is 18.0. The third kappa shape index (κ3) is 4.30. The Morgan fingerprint density at radius 1 is 0.321 bits per heavy atom. The van der Waals surface area contributed by atoms with Gasteiger partial charge in [0.05, 0.1) is 10.9 Å². The van der Waals surface area contributed by atoms with E-state index in [0.29, 0.717) is 17.5 Å². The van der Waals surface area contributed by atoms with Gasteiger partial charge in [-0.15, -0.1) is 0 Å². The van der Waals surface area contributed by atoms with Crippen molar-refractivity contribution in [3.8, 4) is 67.5 Å². The Kier molecular flexibility index (Phi) is 6.43. The van der Waals surface area contributed by atoms with Crippen molar-refractivity contribution in [2.75, 3.05) is 0 Å². The van der Waals surface area contributed by atoms with Gasteiger partial charge in [0.1, 0.15) is 0 Å². The number of pyridine rings is 1. The van der Waals surface area contributed by atoms with Gasteiger partial charge in [0.15, 0.2) is 17.5 Å². The van der Waals surface area contributed by atoms with Crippen LogP contribution < -0.4 is 0 Å². The minimum Gasteiger partial charge on any atom is -0.256 e. The maximum atomic E-state index is 5.32. The molecule has 0 radical (unpaired) electrons. The van der Waals surface area contributed by atoms with Crippen molar-refractivity contribution in [1.82, 2.24) is 19.9 Å². The molecular formula is C49H30N4. The number of fused-ring (bicyclic) bond motifs is 11. The Morgan fingerprint density at radius 3 is 1.47 bits per heavy atom. The Labute approximate surface area is 307 Å². The van der Waals surface area contributed by atoms with Gasteiger partial charge in [0, 0.05) is 33.8 Å². The first-order chi connectivity index (χ1) is 26.3. The molecule has 4 heteroatoms. The van der Waals surface area contributed by atoms with Gasteiger partial charge in [-0.3, -0.25) is 4.98 Å². The monoisotopic (exact) mass is 674 g/mol. The summed E-state index contributed by atoms with van der Waals surface area (Å²) in [4.78, 5) is 20.4. The molecule has 0 atom stereocenters. The molecule has 9 aromatic rings. The molecule has 53 heavy (non-hydrogen) atoms. The van der Waals surface area contributed by atoms with Gasteiger partial charge in [-0.05, 0) is 56.1 Å². The van der Waals surface area contributed by atoms with Crippen molar-refractivity contribution in [3.63, 3.8) is 0 Å². The average molecular weight is 675 g/mol. The number of rotatable bonds is 4. The molecule has 0 saturated carbocycles.